The van der Waals surface area contributed by atoms with Crippen molar-refractivity contribution in [2.75, 3.05) is 25.0 Å². The third-order valence-corrected chi connectivity index (χ3v) is 3.31. The number of anilines is 1. The van der Waals surface area contributed by atoms with E-state index in [0.29, 0.717) is 17.9 Å². The van der Waals surface area contributed by atoms with Crippen molar-refractivity contribution in [3.05, 3.63) is 42.0 Å². The van der Waals surface area contributed by atoms with Crippen LogP contribution in [0.3, 0.4) is 0 Å². The number of nitrogens with zero attached hydrogens (tertiary/aromatic N) is 3. The van der Waals surface area contributed by atoms with Crippen molar-refractivity contribution in [3.8, 4) is 5.69 Å². The predicted octanol–water partition coefficient (Wildman–Crippen LogP) is 2.56. The lowest BCUT2D eigenvalue weighted by atomic mass is 10.2. The molecule has 0 unspecified atom stereocenters. The number of nitrogens with one attached hydrogen (secondary N) is 1. The van der Waals surface area contributed by atoms with Crippen LogP contribution in [0.5, 0.6) is 0 Å². The molecule has 124 valence electrons. The molecule has 2 amide bonds. The van der Waals surface area contributed by atoms with Gasteiger partial charge in [0.05, 0.1) is 12.8 Å². The molecule has 2 rings (SSSR count). The summed E-state index contributed by atoms with van der Waals surface area (Å²) >= 11 is 0. The van der Waals surface area contributed by atoms with Gasteiger partial charge in [0.2, 0.25) is 0 Å². The minimum absolute atomic E-state index is 0.112. The number of aryl methyl sites for hydroxylation is 1. The molecule has 23 heavy (non-hydrogen) atoms. The highest BCUT2D eigenvalue weighted by Gasteiger charge is 2.13. The van der Waals surface area contributed by atoms with Crippen LogP contribution in [0.15, 0.2) is 30.6 Å². The number of halogens is 1. The van der Waals surface area contributed by atoms with Crippen molar-refractivity contribution in [3.63, 3.8) is 0 Å². The topological polar surface area (TPSA) is 70.4 Å². The third kappa shape index (κ3) is 4.29. The zero-order valence-corrected chi connectivity index (χ0v) is 13.3. The second-order valence-electron chi connectivity index (χ2n) is 5.27. The molecule has 1 heterocycles. The number of urea groups is 1. The zero-order chi connectivity index (χ0) is 16.8. The van der Waals surface area contributed by atoms with Crippen LogP contribution < -0.4 is 5.32 Å². The number of aliphatic hydroxyl groups excluding tert-OH is 1. The lowest BCUT2D eigenvalue weighted by Crippen LogP contribution is -2.37. The van der Waals surface area contributed by atoms with Gasteiger partial charge in [0.25, 0.3) is 0 Å². The van der Waals surface area contributed by atoms with Gasteiger partial charge in [-0.05, 0) is 37.1 Å². The summed E-state index contributed by atoms with van der Waals surface area (Å²) in [5.74, 6) is -0.477. The van der Waals surface area contributed by atoms with Crippen LogP contribution in [0.25, 0.3) is 5.69 Å². The van der Waals surface area contributed by atoms with Crippen molar-refractivity contribution in [1.29, 1.82) is 0 Å². The predicted molar refractivity (Wildman–Crippen MR) is 86.2 cm³/mol. The summed E-state index contributed by atoms with van der Waals surface area (Å²) < 4.78 is 15.7. The Balaban J connectivity index is 2.12. The summed E-state index contributed by atoms with van der Waals surface area (Å²) in [4.78, 5) is 13.6. The molecular formula is C16H21FN4O2. The Labute approximate surface area is 134 Å². The number of carbonyl (C=O) groups excluding carboxylic acids is 1. The average Bonchev–Trinajstić information content (AvgIpc) is 2.93. The molecule has 7 heteroatoms. The molecule has 1 aromatic carbocycles. The van der Waals surface area contributed by atoms with Gasteiger partial charge < -0.3 is 15.3 Å². The van der Waals surface area contributed by atoms with Gasteiger partial charge in [0, 0.05) is 25.0 Å². The van der Waals surface area contributed by atoms with Gasteiger partial charge in [0.15, 0.2) is 5.82 Å². The first-order chi connectivity index (χ1) is 11.0. The van der Waals surface area contributed by atoms with Crippen LogP contribution in [0.4, 0.5) is 14.9 Å². The molecular weight excluding hydrogens is 299 g/mol. The van der Waals surface area contributed by atoms with Crippen LogP contribution in [0.2, 0.25) is 0 Å². The number of hydrogen-bond acceptors (Lipinski definition) is 3. The first-order valence-electron chi connectivity index (χ1n) is 7.53. The van der Waals surface area contributed by atoms with Crippen molar-refractivity contribution in [1.82, 2.24) is 14.7 Å². The molecule has 0 radical (unpaired) electrons. The summed E-state index contributed by atoms with van der Waals surface area (Å²) in [7, 11) is 0. The minimum Gasteiger partial charge on any atom is -0.395 e. The van der Waals surface area contributed by atoms with Gasteiger partial charge in [-0.1, -0.05) is 6.92 Å². The third-order valence-electron chi connectivity index (χ3n) is 3.31. The van der Waals surface area contributed by atoms with Crippen LogP contribution in [-0.4, -0.2) is 45.5 Å². The highest BCUT2D eigenvalue weighted by molar-refractivity contribution is 5.89. The summed E-state index contributed by atoms with van der Waals surface area (Å²) in [6.45, 7) is 4.48. The van der Waals surface area contributed by atoms with Crippen LogP contribution in [0.1, 0.15) is 18.9 Å². The fourth-order valence-electron chi connectivity index (χ4n) is 2.22. The van der Waals surface area contributed by atoms with Crippen molar-refractivity contribution < 1.29 is 14.3 Å². The molecule has 1 aromatic heterocycles. The Morgan fingerprint density at radius 1 is 1.43 bits per heavy atom. The van der Waals surface area contributed by atoms with E-state index in [4.69, 9.17) is 5.11 Å². The van der Waals surface area contributed by atoms with E-state index in [9.17, 15) is 9.18 Å². The van der Waals surface area contributed by atoms with Crippen LogP contribution in [-0.2, 0) is 0 Å². The minimum atomic E-state index is -0.477. The Morgan fingerprint density at radius 2 is 2.22 bits per heavy atom. The van der Waals surface area contributed by atoms with Gasteiger partial charge in [0.1, 0.15) is 5.69 Å². The molecule has 0 saturated heterocycles. The van der Waals surface area contributed by atoms with E-state index < -0.39 is 5.82 Å². The monoisotopic (exact) mass is 320 g/mol. The molecule has 2 N–H and O–H groups in total. The Bertz CT molecular complexity index is 666. The molecule has 6 nitrogen and oxygen atoms in total. The van der Waals surface area contributed by atoms with E-state index in [2.05, 4.69) is 10.4 Å². The molecule has 0 aliphatic rings. The lowest BCUT2D eigenvalue weighted by molar-refractivity contribution is 0.188. The van der Waals surface area contributed by atoms with Gasteiger partial charge in [-0.15, -0.1) is 0 Å². The number of amides is 2. The smallest absolute Gasteiger partial charge is 0.321 e. The quantitative estimate of drug-likeness (QED) is 0.859. The van der Waals surface area contributed by atoms with Crippen molar-refractivity contribution in [2.45, 2.75) is 20.3 Å². The first-order valence-corrected chi connectivity index (χ1v) is 7.53. The highest BCUT2D eigenvalue weighted by atomic mass is 19.1. The summed E-state index contributed by atoms with van der Waals surface area (Å²) in [5.41, 5.74) is 1.61. The van der Waals surface area contributed by atoms with E-state index in [-0.39, 0.29) is 19.2 Å². The lowest BCUT2D eigenvalue weighted by Gasteiger charge is -2.21. The van der Waals surface area contributed by atoms with E-state index in [1.54, 1.807) is 24.5 Å². The van der Waals surface area contributed by atoms with Gasteiger partial charge in [-0.2, -0.15) is 5.10 Å². The van der Waals surface area contributed by atoms with E-state index >= 15 is 0 Å². The number of hydrogen-bond donors (Lipinski definition) is 2. The van der Waals surface area contributed by atoms with E-state index in [0.717, 1.165) is 12.0 Å². The number of aromatic nitrogens is 2. The number of benzene rings is 1. The molecule has 0 aliphatic carbocycles. The fraction of sp³-hybridized carbons (Fsp3) is 0.375. The maximum absolute atomic E-state index is 14.2. The van der Waals surface area contributed by atoms with Crippen molar-refractivity contribution in [2.24, 2.45) is 0 Å². The summed E-state index contributed by atoms with van der Waals surface area (Å²) in [6.07, 6.45) is 4.15. The highest BCUT2D eigenvalue weighted by Crippen LogP contribution is 2.18. The zero-order valence-electron chi connectivity index (χ0n) is 13.3. The molecule has 0 saturated carbocycles. The molecule has 0 atom stereocenters. The number of aliphatic hydroxyl groups is 1. The molecule has 0 bridgehead atoms. The van der Waals surface area contributed by atoms with Crippen LogP contribution >= 0.6 is 0 Å². The number of carbonyl (C=O) groups is 1. The largest absolute Gasteiger partial charge is 0.395 e. The van der Waals surface area contributed by atoms with E-state index in [1.165, 1.54) is 15.6 Å². The Morgan fingerprint density at radius 3 is 2.78 bits per heavy atom. The first kappa shape index (κ1) is 17.0. The Hall–Kier alpha value is -2.41. The average molecular weight is 320 g/mol. The van der Waals surface area contributed by atoms with Crippen LogP contribution in [0, 0.1) is 12.7 Å². The molecule has 0 spiro atoms. The maximum Gasteiger partial charge on any atom is 0.321 e. The van der Waals surface area contributed by atoms with Crippen molar-refractivity contribution >= 4 is 11.7 Å². The molecule has 0 fully saturated rings. The normalized spacial score (nSPS) is 10.6. The molecule has 0 aliphatic heterocycles. The second kappa shape index (κ2) is 7.73. The summed E-state index contributed by atoms with van der Waals surface area (Å²) in [6, 6.07) is 4.08. The summed E-state index contributed by atoms with van der Waals surface area (Å²) in [5, 5.41) is 15.7. The Kier molecular flexibility index (Phi) is 5.70. The fourth-order valence-corrected chi connectivity index (χ4v) is 2.22. The standard InChI is InChI=1S/C16H21FN4O2/c1-3-6-20(7-8-22)16(23)19-13-4-5-15(14(17)9-13)21-11-12(2)10-18-21/h4-5,9-11,22H,3,6-8H2,1-2H3,(H,19,23). The van der Waals surface area contributed by atoms with E-state index in [1.807, 2.05) is 13.8 Å². The van der Waals surface area contributed by atoms with Gasteiger partial charge >= 0.3 is 6.03 Å². The number of rotatable bonds is 6. The van der Waals surface area contributed by atoms with Gasteiger partial charge in [-0.3, -0.25) is 0 Å². The second-order valence-corrected chi connectivity index (χ2v) is 5.27. The van der Waals surface area contributed by atoms with Gasteiger partial charge in [-0.25, -0.2) is 13.9 Å². The SMILES string of the molecule is CCCN(CCO)C(=O)Nc1ccc(-n2cc(C)cn2)c(F)c1. The maximum atomic E-state index is 14.2. The molecule has 2 aromatic rings.